The molecule has 0 bridgehead atoms. The Labute approximate surface area is 40.1 Å². The van der Waals surface area contributed by atoms with E-state index >= 15 is 0 Å². The molecule has 1 atom stereocenters. The average Bonchev–Trinajstić information content (AvgIpc) is 2.14. The van der Waals surface area contributed by atoms with Crippen molar-refractivity contribution in [2.24, 2.45) is 5.92 Å². The maximum Gasteiger partial charge on any atom is 0.0234 e. The van der Waals surface area contributed by atoms with Crippen molar-refractivity contribution in [2.75, 3.05) is 13.1 Å². The van der Waals surface area contributed by atoms with Crippen LogP contribution in [0.5, 0.6) is 0 Å². The fourth-order valence-electron chi connectivity index (χ4n) is 0.714. The van der Waals surface area contributed by atoms with Crippen molar-refractivity contribution in [3.8, 4) is 0 Å². The van der Waals surface area contributed by atoms with Gasteiger partial charge in [0.25, 0.3) is 0 Å². The first-order valence-electron chi connectivity index (χ1n) is 3.14. The molecule has 1 heterocycles. The van der Waals surface area contributed by atoms with E-state index in [2.05, 4.69) is 5.32 Å². The Bertz CT molecular complexity index is 50.0. The lowest BCUT2D eigenvalue weighted by atomic mass is 10.2. The van der Waals surface area contributed by atoms with Gasteiger partial charge in [0.1, 0.15) is 0 Å². The van der Waals surface area contributed by atoms with Crippen molar-refractivity contribution < 1.29 is 1.37 Å². The molecule has 6 heavy (non-hydrogen) atoms. The standard InChI is InChI=1S/C5H11N/c1-5-2-3-6-4-5/h5-6H,2-4H2,1H3/i1T. The first-order chi connectivity index (χ1) is 3.43. The topological polar surface area (TPSA) is 12.0 Å². The summed E-state index contributed by atoms with van der Waals surface area (Å²) < 4.78 is 6.96. The Kier molecular flexibility index (Phi) is 0.810. The summed E-state index contributed by atoms with van der Waals surface area (Å²) in [6.07, 6.45) is 1.21. The molecule has 0 amide bonds. The summed E-state index contributed by atoms with van der Waals surface area (Å²) in [5.41, 5.74) is 0. The maximum absolute atomic E-state index is 6.96. The first-order valence-corrected chi connectivity index (χ1v) is 2.43. The van der Waals surface area contributed by atoms with E-state index in [9.17, 15) is 0 Å². The molecule has 1 unspecified atom stereocenters. The van der Waals surface area contributed by atoms with Gasteiger partial charge in [0.2, 0.25) is 0 Å². The number of hydrogen-bond acceptors (Lipinski definition) is 1. The minimum atomic E-state index is 0.604. The Morgan fingerprint density at radius 1 is 2.00 bits per heavy atom. The van der Waals surface area contributed by atoms with Gasteiger partial charge >= 0.3 is 0 Å². The Morgan fingerprint density at radius 3 is 3.33 bits per heavy atom. The van der Waals surface area contributed by atoms with Crippen molar-refractivity contribution in [3.05, 3.63) is 0 Å². The first kappa shape index (κ1) is 3.03. The molecule has 0 aromatic rings. The molecule has 1 fully saturated rings. The molecule has 0 saturated carbocycles. The summed E-state index contributed by atoms with van der Waals surface area (Å²) in [5.74, 6) is 0.653. The van der Waals surface area contributed by atoms with Gasteiger partial charge in [-0.05, 0) is 25.4 Å². The molecule has 1 nitrogen and oxygen atoms in total. The van der Waals surface area contributed by atoms with E-state index in [4.69, 9.17) is 1.37 Å². The third-order valence-corrected chi connectivity index (χ3v) is 1.16. The van der Waals surface area contributed by atoms with Gasteiger partial charge in [-0.15, -0.1) is 0 Å². The van der Waals surface area contributed by atoms with Crippen LogP contribution in [0, 0.1) is 5.92 Å². The second-order valence-electron chi connectivity index (χ2n) is 1.86. The molecule has 1 heteroatoms. The van der Waals surface area contributed by atoms with Crippen LogP contribution in [0.25, 0.3) is 0 Å². The molecule has 1 rings (SSSR count). The zero-order valence-corrected chi connectivity index (χ0v) is 3.91. The predicted octanol–water partition coefficient (Wildman–Crippen LogP) is 0.616. The second-order valence-corrected chi connectivity index (χ2v) is 1.86. The Morgan fingerprint density at radius 2 is 3.00 bits per heavy atom. The number of hydrogen-bond donors (Lipinski definition) is 1. The van der Waals surface area contributed by atoms with Crippen LogP contribution in [0.2, 0.25) is 0 Å². The molecular formula is C5H11N. The van der Waals surface area contributed by atoms with Crippen LogP contribution in [-0.2, 0) is 0 Å². The summed E-state index contributed by atoms with van der Waals surface area (Å²) in [6, 6.07) is 0. The molecule has 0 aromatic heterocycles. The summed E-state index contributed by atoms with van der Waals surface area (Å²) in [7, 11) is 0. The minimum absolute atomic E-state index is 0.604. The SMILES string of the molecule is [3H]CC1CCNC1. The highest BCUT2D eigenvalue weighted by Gasteiger charge is 2.06. The van der Waals surface area contributed by atoms with E-state index in [-0.39, 0.29) is 0 Å². The fraction of sp³-hybridized carbons (Fsp3) is 1.00. The van der Waals surface area contributed by atoms with Gasteiger partial charge in [0.15, 0.2) is 0 Å². The van der Waals surface area contributed by atoms with Gasteiger partial charge in [0, 0.05) is 1.37 Å². The molecule has 1 N–H and O–H groups in total. The molecule has 0 radical (unpaired) electrons. The van der Waals surface area contributed by atoms with Crippen molar-refractivity contribution in [1.82, 2.24) is 5.32 Å². The number of rotatable bonds is 0. The molecule has 1 aliphatic heterocycles. The third kappa shape index (κ3) is 0.716. The van der Waals surface area contributed by atoms with E-state index in [1.165, 1.54) is 6.42 Å². The highest BCUT2D eigenvalue weighted by molar-refractivity contribution is 4.65. The average molecular weight is 87.2 g/mol. The van der Waals surface area contributed by atoms with Crippen LogP contribution < -0.4 is 5.32 Å². The van der Waals surface area contributed by atoms with E-state index in [0.717, 1.165) is 13.1 Å². The van der Waals surface area contributed by atoms with E-state index in [1.54, 1.807) is 0 Å². The lowest BCUT2D eigenvalue weighted by molar-refractivity contribution is 0.651. The van der Waals surface area contributed by atoms with E-state index < -0.39 is 0 Å². The monoisotopic (exact) mass is 87.1 g/mol. The van der Waals surface area contributed by atoms with Gasteiger partial charge in [-0.2, -0.15) is 0 Å². The van der Waals surface area contributed by atoms with E-state index in [1.807, 2.05) is 0 Å². The van der Waals surface area contributed by atoms with Crippen LogP contribution >= 0.6 is 0 Å². The molecule has 0 aromatic carbocycles. The van der Waals surface area contributed by atoms with Crippen LogP contribution in [0.3, 0.4) is 0 Å². The lowest BCUT2D eigenvalue weighted by Crippen LogP contribution is -2.06. The largest absolute Gasteiger partial charge is 0.316 e. The van der Waals surface area contributed by atoms with Crippen molar-refractivity contribution >= 4 is 0 Å². The van der Waals surface area contributed by atoms with Crippen LogP contribution in [0.1, 0.15) is 14.7 Å². The van der Waals surface area contributed by atoms with Gasteiger partial charge in [0.05, 0.1) is 0 Å². The summed E-state index contributed by atoms with van der Waals surface area (Å²) in [5, 5.41) is 3.20. The van der Waals surface area contributed by atoms with Crippen LogP contribution in [0.4, 0.5) is 0 Å². The van der Waals surface area contributed by atoms with Gasteiger partial charge in [-0.1, -0.05) is 6.90 Å². The van der Waals surface area contributed by atoms with Crippen molar-refractivity contribution in [1.29, 1.82) is 0 Å². The summed E-state index contributed by atoms with van der Waals surface area (Å²) >= 11 is 0. The zero-order chi connectivity index (χ0) is 5.11. The second kappa shape index (κ2) is 1.61. The highest BCUT2D eigenvalue weighted by Crippen LogP contribution is 2.03. The predicted molar refractivity (Wildman–Crippen MR) is 26.7 cm³/mol. The van der Waals surface area contributed by atoms with Crippen molar-refractivity contribution in [3.63, 3.8) is 0 Å². The summed E-state index contributed by atoms with van der Waals surface area (Å²) in [4.78, 5) is 0. The molecule has 0 spiro atoms. The van der Waals surface area contributed by atoms with E-state index in [0.29, 0.717) is 12.8 Å². The normalized spacial score (nSPS) is 36.7. The van der Waals surface area contributed by atoms with Crippen LogP contribution in [-0.4, -0.2) is 13.1 Å². The quantitative estimate of drug-likeness (QED) is 0.456. The highest BCUT2D eigenvalue weighted by atomic mass is 14.9. The molecule has 0 aliphatic carbocycles. The molecule has 36 valence electrons. The zero-order valence-electron chi connectivity index (χ0n) is 4.91. The van der Waals surface area contributed by atoms with Crippen LogP contribution in [0.15, 0.2) is 0 Å². The Balaban J connectivity index is 2.14. The molecule has 1 aliphatic rings. The summed E-state index contributed by atoms with van der Waals surface area (Å²) in [6.45, 7) is 2.81. The van der Waals surface area contributed by atoms with Crippen molar-refractivity contribution in [2.45, 2.75) is 13.3 Å². The smallest absolute Gasteiger partial charge is 0.0234 e. The van der Waals surface area contributed by atoms with Gasteiger partial charge < -0.3 is 5.32 Å². The maximum atomic E-state index is 6.96. The molecule has 1 saturated heterocycles. The number of nitrogens with one attached hydrogen (secondary N) is 1. The fourth-order valence-corrected chi connectivity index (χ4v) is 0.714. The molecular weight excluding hydrogens is 74.1 g/mol. The lowest BCUT2D eigenvalue weighted by Gasteiger charge is -1.90. The third-order valence-electron chi connectivity index (χ3n) is 1.16. The minimum Gasteiger partial charge on any atom is -0.316 e. The Hall–Kier alpha value is -0.0400. The van der Waals surface area contributed by atoms with Gasteiger partial charge in [-0.25, -0.2) is 0 Å². The van der Waals surface area contributed by atoms with Gasteiger partial charge in [-0.3, -0.25) is 0 Å².